The Morgan fingerprint density at radius 1 is 1.00 bits per heavy atom. The molecule has 4 rings (SSSR count). The lowest BCUT2D eigenvalue weighted by atomic mass is 10.0. The molecule has 0 saturated heterocycles. The summed E-state index contributed by atoms with van der Waals surface area (Å²) >= 11 is 0. The maximum absolute atomic E-state index is 12.5. The predicted molar refractivity (Wildman–Crippen MR) is 95.5 cm³/mol. The van der Waals surface area contributed by atoms with E-state index in [2.05, 4.69) is 15.2 Å². The number of hydrogen-bond acceptors (Lipinski definition) is 4. The van der Waals surface area contributed by atoms with Crippen molar-refractivity contribution in [3.8, 4) is 11.8 Å². The van der Waals surface area contributed by atoms with Gasteiger partial charge in [0.15, 0.2) is 11.8 Å². The molecule has 0 unspecified atom stereocenters. The van der Waals surface area contributed by atoms with Gasteiger partial charge in [0, 0.05) is 30.3 Å². The fourth-order valence-electron chi connectivity index (χ4n) is 3.37. The molecule has 2 amide bonds. The molecule has 0 saturated carbocycles. The number of carbonyl (C=O) groups is 2. The van der Waals surface area contributed by atoms with Crippen LogP contribution >= 0.6 is 0 Å². The van der Waals surface area contributed by atoms with Crippen LogP contribution in [0.2, 0.25) is 0 Å². The molecule has 0 bridgehead atoms. The van der Waals surface area contributed by atoms with Crippen molar-refractivity contribution in [2.45, 2.75) is 6.92 Å². The van der Waals surface area contributed by atoms with E-state index in [9.17, 15) is 19.8 Å². The number of aromatic nitrogens is 2. The third-order valence-corrected chi connectivity index (χ3v) is 4.43. The summed E-state index contributed by atoms with van der Waals surface area (Å²) < 4.78 is 1.88. The monoisotopic (exact) mass is 350 g/mol. The summed E-state index contributed by atoms with van der Waals surface area (Å²) in [5.74, 6) is -2.00. The minimum absolute atomic E-state index is 0.0393. The second kappa shape index (κ2) is 5.41. The molecule has 3 N–H and O–H groups in total. The van der Waals surface area contributed by atoms with E-state index in [-0.39, 0.29) is 22.7 Å². The second-order valence-corrected chi connectivity index (χ2v) is 5.99. The molecule has 4 aromatic rings. The number of aryl methyl sites for hydroxylation is 1. The number of aromatic hydroxyl groups is 2. The lowest BCUT2D eigenvalue weighted by molar-refractivity contribution is -0.116. The first kappa shape index (κ1) is 15.8. The quantitative estimate of drug-likeness (QED) is 0.456. The van der Waals surface area contributed by atoms with E-state index < -0.39 is 11.8 Å². The van der Waals surface area contributed by atoms with Gasteiger partial charge >= 0.3 is 0 Å². The van der Waals surface area contributed by atoms with Crippen LogP contribution in [0.25, 0.3) is 32.6 Å². The first-order valence-electron chi connectivity index (χ1n) is 7.80. The van der Waals surface area contributed by atoms with Gasteiger partial charge in [0.2, 0.25) is 0 Å². The summed E-state index contributed by atoms with van der Waals surface area (Å²) in [6, 6.07) is 9.16. The van der Waals surface area contributed by atoms with Crippen LogP contribution in [0.15, 0.2) is 40.6 Å². The normalized spacial score (nSPS) is 11.9. The van der Waals surface area contributed by atoms with E-state index in [4.69, 9.17) is 0 Å². The summed E-state index contributed by atoms with van der Waals surface area (Å²) in [5, 5.41) is 29.3. The first-order valence-corrected chi connectivity index (χ1v) is 7.80. The number of amides is 2. The molecule has 0 aliphatic carbocycles. The van der Waals surface area contributed by atoms with Crippen molar-refractivity contribution in [3.63, 3.8) is 0 Å². The van der Waals surface area contributed by atoms with Crippen LogP contribution in [-0.4, -0.2) is 31.6 Å². The number of carbonyl (C=O) groups excluding carboxylic acids is 2. The van der Waals surface area contributed by atoms with Crippen molar-refractivity contribution < 1.29 is 19.8 Å². The van der Waals surface area contributed by atoms with Crippen LogP contribution in [0.3, 0.4) is 0 Å². The van der Waals surface area contributed by atoms with Crippen molar-refractivity contribution in [3.05, 3.63) is 35.9 Å². The lowest BCUT2D eigenvalue weighted by Crippen LogP contribution is -1.98. The van der Waals surface area contributed by atoms with Gasteiger partial charge in [-0.25, -0.2) is 0 Å². The van der Waals surface area contributed by atoms with Gasteiger partial charge in [0.05, 0.1) is 21.9 Å². The Morgan fingerprint density at radius 2 is 1.69 bits per heavy atom. The van der Waals surface area contributed by atoms with E-state index in [1.54, 1.807) is 6.07 Å². The van der Waals surface area contributed by atoms with Crippen LogP contribution in [0.4, 0.5) is 0 Å². The Morgan fingerprint density at radius 3 is 2.42 bits per heavy atom. The Hall–Kier alpha value is -3.68. The number of rotatable bonds is 1. The topological polar surface area (TPSA) is 120 Å². The molecule has 0 spiro atoms. The van der Waals surface area contributed by atoms with Gasteiger partial charge in [0.25, 0.3) is 11.8 Å². The molecule has 0 fully saturated rings. The average molecular weight is 350 g/mol. The summed E-state index contributed by atoms with van der Waals surface area (Å²) in [5.41, 5.74) is 1.62. The molecule has 0 atom stereocenters. The number of aromatic amines is 1. The van der Waals surface area contributed by atoms with Crippen LogP contribution in [0.5, 0.6) is 11.8 Å². The Labute approximate surface area is 146 Å². The zero-order chi connectivity index (χ0) is 18.6. The third-order valence-electron chi connectivity index (χ3n) is 4.43. The van der Waals surface area contributed by atoms with Gasteiger partial charge in [-0.1, -0.05) is 18.2 Å². The number of hydrogen-bond donors (Lipinski definition) is 3. The minimum Gasteiger partial charge on any atom is -0.494 e. The number of fused-ring (bicyclic) bond motifs is 5. The number of nitrogens with zero attached hydrogens (tertiary/aromatic N) is 3. The molecular formula is C18H14N4O4. The molecule has 2 aromatic carbocycles. The SMILES string of the molecule is CC(=O)N=NC(=O)c1cc2c(c3ccccc3n2C)c2c(O)[nH]c(O)c12. The lowest BCUT2D eigenvalue weighted by Gasteiger charge is -2.03. The van der Waals surface area contributed by atoms with Crippen molar-refractivity contribution >= 4 is 44.4 Å². The molecule has 0 aliphatic rings. The highest BCUT2D eigenvalue weighted by atomic mass is 16.3. The molecular weight excluding hydrogens is 336 g/mol. The summed E-state index contributed by atoms with van der Waals surface area (Å²) in [6.45, 7) is 1.18. The molecule has 26 heavy (non-hydrogen) atoms. The highest BCUT2D eigenvalue weighted by Crippen LogP contribution is 2.43. The number of nitrogens with one attached hydrogen (secondary N) is 1. The summed E-state index contributed by atoms with van der Waals surface area (Å²) in [6.07, 6.45) is 0. The molecule has 8 heteroatoms. The molecule has 2 heterocycles. The number of para-hydroxylation sites is 1. The summed E-state index contributed by atoms with van der Waals surface area (Å²) in [4.78, 5) is 25.9. The van der Waals surface area contributed by atoms with Crippen LogP contribution in [0, 0.1) is 0 Å². The van der Waals surface area contributed by atoms with E-state index in [1.807, 2.05) is 35.9 Å². The average Bonchev–Trinajstić information content (AvgIpc) is 3.07. The fraction of sp³-hybridized carbons (Fsp3) is 0.111. The van der Waals surface area contributed by atoms with E-state index in [1.165, 1.54) is 6.92 Å². The van der Waals surface area contributed by atoms with Crippen LogP contribution in [-0.2, 0) is 11.8 Å². The second-order valence-electron chi connectivity index (χ2n) is 5.99. The Kier molecular flexibility index (Phi) is 3.30. The smallest absolute Gasteiger partial charge is 0.296 e. The standard InChI is InChI=1S/C18H14N4O4/c1-8(23)20-21-16(24)10-7-12-13(15-14(10)17(25)19-18(15)26)9-5-3-4-6-11(9)22(12)2/h3-7,19,25-26H,1-2H3. The van der Waals surface area contributed by atoms with Gasteiger partial charge in [-0.15, -0.1) is 10.2 Å². The number of H-pyrrole nitrogens is 1. The third kappa shape index (κ3) is 2.08. The van der Waals surface area contributed by atoms with Crippen molar-refractivity contribution in [1.29, 1.82) is 0 Å². The maximum Gasteiger partial charge on any atom is 0.296 e. The van der Waals surface area contributed by atoms with Gasteiger partial charge in [-0.05, 0) is 12.1 Å². The van der Waals surface area contributed by atoms with E-state index >= 15 is 0 Å². The number of azo groups is 1. The highest BCUT2D eigenvalue weighted by Gasteiger charge is 2.24. The van der Waals surface area contributed by atoms with Gasteiger partial charge in [-0.3, -0.25) is 14.6 Å². The Bertz CT molecular complexity index is 1260. The highest BCUT2D eigenvalue weighted by molar-refractivity contribution is 6.27. The molecule has 0 aliphatic heterocycles. The predicted octanol–water partition coefficient (Wildman–Crippen LogP) is 3.36. The van der Waals surface area contributed by atoms with Crippen molar-refractivity contribution in [2.24, 2.45) is 17.3 Å². The van der Waals surface area contributed by atoms with Gasteiger partial charge in [0.1, 0.15) is 0 Å². The zero-order valence-corrected chi connectivity index (χ0v) is 13.9. The molecule has 8 nitrogen and oxygen atoms in total. The minimum atomic E-state index is -0.786. The van der Waals surface area contributed by atoms with Crippen molar-refractivity contribution in [1.82, 2.24) is 9.55 Å². The van der Waals surface area contributed by atoms with E-state index in [0.29, 0.717) is 16.3 Å². The van der Waals surface area contributed by atoms with E-state index in [0.717, 1.165) is 10.9 Å². The van der Waals surface area contributed by atoms with Crippen LogP contribution < -0.4 is 0 Å². The fourth-order valence-corrected chi connectivity index (χ4v) is 3.37. The Balaban J connectivity index is 2.20. The maximum atomic E-state index is 12.5. The summed E-state index contributed by atoms with van der Waals surface area (Å²) in [7, 11) is 1.84. The van der Waals surface area contributed by atoms with Gasteiger partial charge < -0.3 is 14.8 Å². The van der Waals surface area contributed by atoms with Crippen molar-refractivity contribution in [2.75, 3.05) is 0 Å². The number of benzene rings is 2. The molecule has 2 aromatic heterocycles. The zero-order valence-electron chi connectivity index (χ0n) is 13.9. The largest absolute Gasteiger partial charge is 0.494 e. The first-order chi connectivity index (χ1) is 12.4. The molecule has 130 valence electrons. The van der Waals surface area contributed by atoms with Gasteiger partial charge in [-0.2, -0.15) is 0 Å². The molecule has 0 radical (unpaired) electrons. The van der Waals surface area contributed by atoms with Crippen LogP contribution in [0.1, 0.15) is 17.3 Å².